The van der Waals surface area contributed by atoms with Crippen molar-refractivity contribution in [2.45, 2.75) is 51.5 Å². The number of amidine groups is 1. The molecule has 0 spiro atoms. The smallest absolute Gasteiger partial charge is 0.123 e. The minimum Gasteiger partial charge on any atom is -0.384 e. The maximum Gasteiger partial charge on any atom is 0.123 e. The van der Waals surface area contributed by atoms with E-state index in [2.05, 4.69) is 24.0 Å². The van der Waals surface area contributed by atoms with Gasteiger partial charge in [0.2, 0.25) is 0 Å². The van der Waals surface area contributed by atoms with Gasteiger partial charge in [-0.15, -0.1) is 0 Å². The summed E-state index contributed by atoms with van der Waals surface area (Å²) in [5.41, 5.74) is 8.92. The zero-order valence-corrected chi connectivity index (χ0v) is 12.4. The standard InChI is InChI=1S/C17H25N3/c1-12-11-14(8-9-15(12)17(18)19)20-10-4-7-16(20)13-5-2-3-6-13/h8-9,11,13,16H,2-7,10H2,1H3,(H3,18,19). The van der Waals surface area contributed by atoms with Crippen LogP contribution in [0, 0.1) is 18.3 Å². The predicted molar refractivity (Wildman–Crippen MR) is 84.5 cm³/mol. The lowest BCUT2D eigenvalue weighted by atomic mass is 9.95. The van der Waals surface area contributed by atoms with Gasteiger partial charge in [0.15, 0.2) is 0 Å². The highest BCUT2D eigenvalue weighted by Crippen LogP contribution is 2.38. The molecule has 1 aromatic carbocycles. The van der Waals surface area contributed by atoms with E-state index < -0.39 is 0 Å². The van der Waals surface area contributed by atoms with E-state index >= 15 is 0 Å². The van der Waals surface area contributed by atoms with E-state index in [-0.39, 0.29) is 5.84 Å². The molecule has 1 atom stereocenters. The molecule has 108 valence electrons. The Kier molecular flexibility index (Phi) is 3.68. The average Bonchev–Trinajstić information content (AvgIpc) is 3.09. The maximum atomic E-state index is 7.60. The van der Waals surface area contributed by atoms with Crippen molar-refractivity contribution < 1.29 is 0 Å². The predicted octanol–water partition coefficient (Wildman–Crippen LogP) is 3.44. The Labute approximate surface area is 121 Å². The normalized spacial score (nSPS) is 23.4. The Balaban J connectivity index is 1.84. The molecule has 1 heterocycles. The largest absolute Gasteiger partial charge is 0.384 e. The van der Waals surface area contributed by atoms with Gasteiger partial charge in [0.25, 0.3) is 0 Å². The zero-order valence-electron chi connectivity index (χ0n) is 12.4. The molecule has 0 amide bonds. The summed E-state index contributed by atoms with van der Waals surface area (Å²) >= 11 is 0. The fourth-order valence-corrected chi connectivity index (χ4v) is 4.07. The van der Waals surface area contributed by atoms with Crippen molar-refractivity contribution in [3.05, 3.63) is 29.3 Å². The molecular weight excluding hydrogens is 246 g/mol. The Bertz CT molecular complexity index is 503. The number of aryl methyl sites for hydroxylation is 1. The molecule has 1 saturated heterocycles. The maximum absolute atomic E-state index is 7.60. The van der Waals surface area contributed by atoms with Crippen LogP contribution in [0.1, 0.15) is 49.7 Å². The number of nitrogens with zero attached hydrogens (tertiary/aromatic N) is 1. The number of hydrogen-bond acceptors (Lipinski definition) is 2. The van der Waals surface area contributed by atoms with Gasteiger partial charge in [-0.2, -0.15) is 0 Å². The molecule has 3 nitrogen and oxygen atoms in total. The first kappa shape index (κ1) is 13.5. The quantitative estimate of drug-likeness (QED) is 0.653. The molecule has 1 aromatic rings. The summed E-state index contributed by atoms with van der Waals surface area (Å²) in [4.78, 5) is 2.60. The summed E-state index contributed by atoms with van der Waals surface area (Å²) in [6, 6.07) is 7.11. The molecule has 3 heteroatoms. The van der Waals surface area contributed by atoms with Crippen LogP contribution in [0.4, 0.5) is 5.69 Å². The lowest BCUT2D eigenvalue weighted by molar-refractivity contribution is 0.431. The van der Waals surface area contributed by atoms with Crippen LogP contribution >= 0.6 is 0 Å². The van der Waals surface area contributed by atoms with Crippen molar-refractivity contribution in [1.29, 1.82) is 5.41 Å². The van der Waals surface area contributed by atoms with Crippen molar-refractivity contribution in [3.8, 4) is 0 Å². The molecule has 2 fully saturated rings. The van der Waals surface area contributed by atoms with E-state index in [1.807, 2.05) is 6.07 Å². The van der Waals surface area contributed by atoms with Crippen LogP contribution in [0.3, 0.4) is 0 Å². The lowest BCUT2D eigenvalue weighted by Crippen LogP contribution is -2.34. The highest BCUT2D eigenvalue weighted by atomic mass is 15.2. The van der Waals surface area contributed by atoms with Crippen LogP contribution in [0.15, 0.2) is 18.2 Å². The van der Waals surface area contributed by atoms with Crippen LogP contribution < -0.4 is 10.6 Å². The van der Waals surface area contributed by atoms with Gasteiger partial charge < -0.3 is 10.6 Å². The van der Waals surface area contributed by atoms with E-state index in [0.717, 1.165) is 23.1 Å². The molecule has 2 aliphatic rings. The summed E-state index contributed by atoms with van der Waals surface area (Å²) in [6.07, 6.45) is 8.30. The molecule has 3 N–H and O–H groups in total. The average molecular weight is 271 g/mol. The van der Waals surface area contributed by atoms with Crippen LogP contribution in [0.5, 0.6) is 0 Å². The van der Waals surface area contributed by atoms with Gasteiger partial charge in [-0.3, -0.25) is 5.41 Å². The first-order chi connectivity index (χ1) is 9.66. The lowest BCUT2D eigenvalue weighted by Gasteiger charge is -2.31. The number of anilines is 1. The summed E-state index contributed by atoms with van der Waals surface area (Å²) in [5.74, 6) is 1.06. The Morgan fingerprint density at radius 3 is 2.60 bits per heavy atom. The minimum atomic E-state index is 0.169. The van der Waals surface area contributed by atoms with Gasteiger partial charge in [-0.05, 0) is 62.3 Å². The fourth-order valence-electron chi connectivity index (χ4n) is 4.07. The molecule has 1 aliphatic heterocycles. The van der Waals surface area contributed by atoms with Crippen molar-refractivity contribution in [2.24, 2.45) is 11.7 Å². The summed E-state index contributed by atoms with van der Waals surface area (Å²) in [6.45, 7) is 3.24. The molecule has 0 bridgehead atoms. The molecule has 1 aliphatic carbocycles. The minimum absolute atomic E-state index is 0.169. The molecule has 1 saturated carbocycles. The molecule has 3 rings (SSSR count). The van der Waals surface area contributed by atoms with Gasteiger partial charge in [0.05, 0.1) is 0 Å². The van der Waals surface area contributed by atoms with Crippen molar-refractivity contribution in [3.63, 3.8) is 0 Å². The molecule has 1 unspecified atom stereocenters. The summed E-state index contributed by atoms with van der Waals surface area (Å²) < 4.78 is 0. The highest BCUT2D eigenvalue weighted by Gasteiger charge is 2.33. The summed E-state index contributed by atoms with van der Waals surface area (Å²) in [5, 5.41) is 7.60. The number of rotatable bonds is 3. The van der Waals surface area contributed by atoms with Gasteiger partial charge in [0.1, 0.15) is 5.84 Å². The third-order valence-corrected chi connectivity index (χ3v) is 5.08. The van der Waals surface area contributed by atoms with Crippen LogP contribution in [0.25, 0.3) is 0 Å². The van der Waals surface area contributed by atoms with Crippen LogP contribution in [-0.2, 0) is 0 Å². The highest BCUT2D eigenvalue weighted by molar-refractivity contribution is 5.96. The van der Waals surface area contributed by atoms with E-state index in [1.165, 1.54) is 50.8 Å². The Hall–Kier alpha value is -1.51. The molecule has 20 heavy (non-hydrogen) atoms. The van der Waals surface area contributed by atoms with E-state index in [9.17, 15) is 0 Å². The van der Waals surface area contributed by atoms with Gasteiger partial charge in [-0.1, -0.05) is 12.8 Å². The third kappa shape index (κ3) is 2.41. The number of nitrogens with two attached hydrogens (primary N) is 1. The number of nitrogen functional groups attached to an aromatic ring is 1. The van der Waals surface area contributed by atoms with Crippen molar-refractivity contribution >= 4 is 11.5 Å². The fraction of sp³-hybridized carbons (Fsp3) is 0.588. The van der Waals surface area contributed by atoms with Gasteiger partial charge >= 0.3 is 0 Å². The number of hydrogen-bond donors (Lipinski definition) is 2. The number of benzene rings is 1. The van der Waals surface area contributed by atoms with Crippen LogP contribution in [0.2, 0.25) is 0 Å². The first-order valence-corrected chi connectivity index (χ1v) is 7.88. The topological polar surface area (TPSA) is 53.1 Å². The van der Waals surface area contributed by atoms with E-state index in [4.69, 9.17) is 11.1 Å². The second kappa shape index (κ2) is 5.47. The third-order valence-electron chi connectivity index (χ3n) is 5.08. The van der Waals surface area contributed by atoms with Gasteiger partial charge in [0, 0.05) is 23.8 Å². The molecular formula is C17H25N3. The Morgan fingerprint density at radius 2 is 1.95 bits per heavy atom. The summed E-state index contributed by atoms with van der Waals surface area (Å²) in [7, 11) is 0. The molecule has 0 aromatic heterocycles. The number of nitrogens with one attached hydrogen (secondary N) is 1. The van der Waals surface area contributed by atoms with Gasteiger partial charge in [-0.25, -0.2) is 0 Å². The van der Waals surface area contributed by atoms with Crippen molar-refractivity contribution in [1.82, 2.24) is 0 Å². The second-order valence-electron chi connectivity index (χ2n) is 6.36. The first-order valence-electron chi connectivity index (χ1n) is 7.88. The monoisotopic (exact) mass is 271 g/mol. The van der Waals surface area contributed by atoms with E-state index in [1.54, 1.807) is 0 Å². The Morgan fingerprint density at radius 1 is 1.20 bits per heavy atom. The zero-order chi connectivity index (χ0) is 14.1. The second-order valence-corrected chi connectivity index (χ2v) is 6.36. The van der Waals surface area contributed by atoms with E-state index in [0.29, 0.717) is 0 Å². The SMILES string of the molecule is Cc1cc(N2CCCC2C2CCCC2)ccc1C(=N)N. The van der Waals surface area contributed by atoms with Crippen LogP contribution in [-0.4, -0.2) is 18.4 Å². The molecule has 0 radical (unpaired) electrons. The van der Waals surface area contributed by atoms with Crippen molar-refractivity contribution in [2.75, 3.05) is 11.4 Å².